The number of para-hydroxylation sites is 1. The van der Waals surface area contributed by atoms with Crippen LogP contribution in [0.3, 0.4) is 0 Å². The average Bonchev–Trinajstić information content (AvgIpc) is 2.74. The van der Waals surface area contributed by atoms with Crippen LogP contribution in [0, 0.1) is 0 Å². The largest absolute Gasteiger partial charge is 0.493 e. The fourth-order valence-electron chi connectivity index (χ4n) is 2.24. The Hall–Kier alpha value is -1.26. The third-order valence-electron chi connectivity index (χ3n) is 3.09. The van der Waals surface area contributed by atoms with Gasteiger partial charge in [0.05, 0.1) is 14.2 Å². The number of benzene rings is 1. The molecule has 0 saturated carbocycles. The van der Waals surface area contributed by atoms with Crippen LogP contribution in [0.5, 0.6) is 11.5 Å². The third-order valence-corrected chi connectivity index (χ3v) is 3.09. The Bertz CT molecular complexity index is 368. The lowest BCUT2D eigenvalue weighted by Crippen LogP contribution is -2.27. The first-order chi connectivity index (χ1) is 7.77. The van der Waals surface area contributed by atoms with Crippen molar-refractivity contribution >= 4 is 0 Å². The fraction of sp³-hybridized carbons (Fsp3) is 0.500. The highest BCUT2D eigenvalue weighted by molar-refractivity contribution is 5.49. The topological polar surface area (TPSA) is 56.5 Å². The average molecular weight is 222 g/mol. The molecule has 1 aromatic carbocycles. The van der Waals surface area contributed by atoms with Crippen molar-refractivity contribution in [3.63, 3.8) is 0 Å². The third kappa shape index (κ3) is 1.86. The van der Waals surface area contributed by atoms with E-state index in [2.05, 4.69) is 11.4 Å². The zero-order valence-electron chi connectivity index (χ0n) is 9.69. The first-order valence-electron chi connectivity index (χ1n) is 5.45. The molecule has 2 atom stereocenters. The Morgan fingerprint density at radius 2 is 2.06 bits per heavy atom. The summed E-state index contributed by atoms with van der Waals surface area (Å²) in [6.45, 7) is 1.75. The Morgan fingerprint density at radius 3 is 2.62 bits per heavy atom. The molecule has 4 heteroatoms. The van der Waals surface area contributed by atoms with E-state index in [4.69, 9.17) is 15.2 Å². The molecule has 88 valence electrons. The molecule has 16 heavy (non-hydrogen) atoms. The van der Waals surface area contributed by atoms with E-state index in [1.54, 1.807) is 14.2 Å². The van der Waals surface area contributed by atoms with E-state index in [-0.39, 0.29) is 6.04 Å². The SMILES string of the molecule is COc1cccc(C2CNCC2N)c1OC. The minimum absolute atomic E-state index is 0.140. The molecule has 1 aliphatic rings. The Morgan fingerprint density at radius 1 is 1.25 bits per heavy atom. The second-order valence-corrected chi connectivity index (χ2v) is 4.01. The summed E-state index contributed by atoms with van der Waals surface area (Å²) in [6, 6.07) is 6.07. The van der Waals surface area contributed by atoms with Crippen molar-refractivity contribution in [1.82, 2.24) is 5.32 Å². The smallest absolute Gasteiger partial charge is 0.164 e. The van der Waals surface area contributed by atoms with Gasteiger partial charge in [-0.05, 0) is 6.07 Å². The monoisotopic (exact) mass is 222 g/mol. The quantitative estimate of drug-likeness (QED) is 0.791. The van der Waals surface area contributed by atoms with Crippen LogP contribution in [0.25, 0.3) is 0 Å². The van der Waals surface area contributed by atoms with Crippen LogP contribution < -0.4 is 20.5 Å². The van der Waals surface area contributed by atoms with Gasteiger partial charge >= 0.3 is 0 Å². The van der Waals surface area contributed by atoms with E-state index in [1.807, 2.05) is 12.1 Å². The zero-order valence-corrected chi connectivity index (χ0v) is 9.69. The van der Waals surface area contributed by atoms with E-state index in [0.29, 0.717) is 5.92 Å². The summed E-state index contributed by atoms with van der Waals surface area (Å²) in [6.07, 6.45) is 0. The summed E-state index contributed by atoms with van der Waals surface area (Å²) >= 11 is 0. The summed E-state index contributed by atoms with van der Waals surface area (Å²) in [5, 5.41) is 3.29. The molecule has 0 spiro atoms. The number of ether oxygens (including phenoxy) is 2. The van der Waals surface area contributed by atoms with Crippen molar-refractivity contribution in [2.75, 3.05) is 27.3 Å². The summed E-state index contributed by atoms with van der Waals surface area (Å²) in [4.78, 5) is 0. The number of hydrogen-bond donors (Lipinski definition) is 2. The van der Waals surface area contributed by atoms with Gasteiger partial charge in [0.1, 0.15) is 0 Å². The van der Waals surface area contributed by atoms with Gasteiger partial charge in [0, 0.05) is 30.6 Å². The van der Waals surface area contributed by atoms with Crippen molar-refractivity contribution < 1.29 is 9.47 Å². The Labute approximate surface area is 95.7 Å². The summed E-state index contributed by atoms with van der Waals surface area (Å²) < 4.78 is 10.7. The molecule has 0 radical (unpaired) electrons. The molecule has 4 nitrogen and oxygen atoms in total. The van der Waals surface area contributed by atoms with E-state index >= 15 is 0 Å². The summed E-state index contributed by atoms with van der Waals surface area (Å²) in [7, 11) is 3.31. The summed E-state index contributed by atoms with van der Waals surface area (Å²) in [5.41, 5.74) is 7.19. The van der Waals surface area contributed by atoms with Crippen molar-refractivity contribution in [2.45, 2.75) is 12.0 Å². The first kappa shape index (κ1) is 11.2. The predicted molar refractivity (Wildman–Crippen MR) is 63.1 cm³/mol. The molecule has 2 rings (SSSR count). The molecular formula is C12H18N2O2. The number of hydrogen-bond acceptors (Lipinski definition) is 4. The van der Waals surface area contributed by atoms with Gasteiger partial charge in [-0.3, -0.25) is 0 Å². The molecule has 2 unspecified atom stereocenters. The lowest BCUT2D eigenvalue weighted by atomic mass is 9.94. The van der Waals surface area contributed by atoms with Gasteiger partial charge in [-0.15, -0.1) is 0 Å². The number of rotatable bonds is 3. The molecule has 1 saturated heterocycles. The van der Waals surface area contributed by atoms with E-state index in [0.717, 1.165) is 30.2 Å². The van der Waals surface area contributed by atoms with E-state index in [1.165, 1.54) is 0 Å². The fourth-order valence-corrected chi connectivity index (χ4v) is 2.24. The van der Waals surface area contributed by atoms with Crippen LogP contribution in [0.2, 0.25) is 0 Å². The van der Waals surface area contributed by atoms with Crippen molar-refractivity contribution in [2.24, 2.45) is 5.73 Å². The first-order valence-corrected chi connectivity index (χ1v) is 5.45. The lowest BCUT2D eigenvalue weighted by molar-refractivity contribution is 0.349. The van der Waals surface area contributed by atoms with Crippen LogP contribution in [-0.2, 0) is 0 Å². The maximum Gasteiger partial charge on any atom is 0.164 e. The number of nitrogens with two attached hydrogens (primary N) is 1. The highest BCUT2D eigenvalue weighted by Crippen LogP contribution is 2.37. The second kappa shape index (κ2) is 4.72. The lowest BCUT2D eigenvalue weighted by Gasteiger charge is -2.19. The highest BCUT2D eigenvalue weighted by Gasteiger charge is 2.28. The molecule has 1 fully saturated rings. The van der Waals surface area contributed by atoms with Gasteiger partial charge in [-0.25, -0.2) is 0 Å². The normalized spacial score (nSPS) is 24.4. The van der Waals surface area contributed by atoms with Gasteiger partial charge in [0.25, 0.3) is 0 Å². The second-order valence-electron chi connectivity index (χ2n) is 4.01. The minimum Gasteiger partial charge on any atom is -0.493 e. The molecule has 0 aromatic heterocycles. The predicted octanol–water partition coefficient (Wildman–Crippen LogP) is 0.718. The zero-order chi connectivity index (χ0) is 11.5. The maximum atomic E-state index is 6.07. The maximum absolute atomic E-state index is 6.07. The molecule has 3 N–H and O–H groups in total. The van der Waals surface area contributed by atoms with Gasteiger partial charge in [0.15, 0.2) is 11.5 Å². The Balaban J connectivity index is 2.39. The molecule has 0 bridgehead atoms. The number of nitrogens with one attached hydrogen (secondary N) is 1. The molecule has 1 heterocycles. The number of methoxy groups -OCH3 is 2. The van der Waals surface area contributed by atoms with Gasteiger partial charge in [-0.2, -0.15) is 0 Å². The molecule has 0 aliphatic carbocycles. The van der Waals surface area contributed by atoms with Crippen LogP contribution in [0.1, 0.15) is 11.5 Å². The van der Waals surface area contributed by atoms with Crippen LogP contribution in [-0.4, -0.2) is 33.4 Å². The van der Waals surface area contributed by atoms with E-state index < -0.39 is 0 Å². The molecular weight excluding hydrogens is 204 g/mol. The van der Waals surface area contributed by atoms with Crippen molar-refractivity contribution in [3.8, 4) is 11.5 Å². The van der Waals surface area contributed by atoms with Crippen LogP contribution >= 0.6 is 0 Å². The van der Waals surface area contributed by atoms with Crippen LogP contribution in [0.15, 0.2) is 18.2 Å². The van der Waals surface area contributed by atoms with Gasteiger partial charge in [-0.1, -0.05) is 12.1 Å². The van der Waals surface area contributed by atoms with Crippen molar-refractivity contribution in [1.29, 1.82) is 0 Å². The minimum atomic E-state index is 0.140. The van der Waals surface area contributed by atoms with Crippen molar-refractivity contribution in [3.05, 3.63) is 23.8 Å². The molecule has 0 amide bonds. The standard InChI is InChI=1S/C12H18N2O2/c1-15-11-5-3-4-8(12(11)16-2)9-6-14-7-10(9)13/h3-5,9-10,14H,6-7,13H2,1-2H3. The van der Waals surface area contributed by atoms with Gasteiger partial charge < -0.3 is 20.5 Å². The highest BCUT2D eigenvalue weighted by atomic mass is 16.5. The van der Waals surface area contributed by atoms with E-state index in [9.17, 15) is 0 Å². The van der Waals surface area contributed by atoms with Crippen LogP contribution in [0.4, 0.5) is 0 Å². The summed E-state index contributed by atoms with van der Waals surface area (Å²) in [5.74, 6) is 1.86. The Kier molecular flexibility index (Phi) is 3.31. The molecule has 1 aromatic rings. The van der Waals surface area contributed by atoms with Gasteiger partial charge in [0.2, 0.25) is 0 Å². The molecule has 1 aliphatic heterocycles.